The minimum atomic E-state index is -0.215. The fourth-order valence-corrected chi connectivity index (χ4v) is 2.93. The Labute approximate surface area is 111 Å². The number of rotatable bonds is 3. The molecule has 1 unspecified atom stereocenters. The fourth-order valence-electron chi connectivity index (χ4n) is 2.00. The molecular weight excluding hydrogens is 247 g/mol. The van der Waals surface area contributed by atoms with Crippen LogP contribution >= 0.6 is 11.3 Å². The lowest BCUT2D eigenvalue weighted by molar-refractivity contribution is 0.627. The first-order valence-electron chi connectivity index (χ1n) is 5.94. The van der Waals surface area contributed by atoms with Gasteiger partial charge in [-0.2, -0.15) is 0 Å². The van der Waals surface area contributed by atoms with Crippen molar-refractivity contribution in [3.8, 4) is 0 Å². The zero-order valence-electron chi connectivity index (χ0n) is 11.0. The summed E-state index contributed by atoms with van der Waals surface area (Å²) in [6.07, 6.45) is 0. The first-order chi connectivity index (χ1) is 8.47. The van der Waals surface area contributed by atoms with E-state index in [0.717, 1.165) is 22.0 Å². The molecule has 2 aromatic rings. The van der Waals surface area contributed by atoms with Crippen molar-refractivity contribution in [2.24, 2.45) is 0 Å². The van der Waals surface area contributed by atoms with Crippen molar-refractivity contribution in [2.75, 3.05) is 5.32 Å². The molecule has 4 heteroatoms. The molecule has 1 aromatic heterocycles. The van der Waals surface area contributed by atoms with Crippen LogP contribution in [0.4, 0.5) is 10.1 Å². The highest BCUT2D eigenvalue weighted by molar-refractivity contribution is 7.11. The molecule has 1 N–H and O–H groups in total. The van der Waals surface area contributed by atoms with Crippen LogP contribution < -0.4 is 5.32 Å². The molecule has 0 saturated carbocycles. The van der Waals surface area contributed by atoms with Crippen LogP contribution in [-0.4, -0.2) is 4.98 Å². The van der Waals surface area contributed by atoms with Crippen molar-refractivity contribution < 1.29 is 4.39 Å². The van der Waals surface area contributed by atoms with E-state index in [9.17, 15) is 4.39 Å². The third-order valence-electron chi connectivity index (χ3n) is 2.90. The molecule has 2 rings (SSSR count). The molecule has 0 spiro atoms. The van der Waals surface area contributed by atoms with Gasteiger partial charge in [0.15, 0.2) is 0 Å². The summed E-state index contributed by atoms with van der Waals surface area (Å²) < 4.78 is 13.2. The predicted octanol–water partition coefficient (Wildman–Crippen LogP) is 4.38. The minimum absolute atomic E-state index is 0.136. The number of aromatic nitrogens is 1. The van der Waals surface area contributed by atoms with E-state index in [1.165, 1.54) is 17.0 Å². The zero-order chi connectivity index (χ0) is 13.3. The van der Waals surface area contributed by atoms with Crippen molar-refractivity contribution >= 4 is 17.0 Å². The normalized spacial score (nSPS) is 12.5. The number of anilines is 1. The SMILES string of the molecule is Cc1nc(C)c(C(C)Nc2cc(F)ccc2C)s1. The monoisotopic (exact) mass is 264 g/mol. The van der Waals surface area contributed by atoms with Gasteiger partial charge in [-0.1, -0.05) is 6.07 Å². The van der Waals surface area contributed by atoms with E-state index in [0.29, 0.717) is 0 Å². The topological polar surface area (TPSA) is 24.9 Å². The van der Waals surface area contributed by atoms with Crippen LogP contribution in [-0.2, 0) is 0 Å². The fraction of sp³-hybridized carbons (Fsp3) is 0.357. The van der Waals surface area contributed by atoms with E-state index in [-0.39, 0.29) is 11.9 Å². The van der Waals surface area contributed by atoms with E-state index in [1.807, 2.05) is 20.8 Å². The van der Waals surface area contributed by atoms with Gasteiger partial charge in [-0.25, -0.2) is 9.37 Å². The summed E-state index contributed by atoms with van der Waals surface area (Å²) >= 11 is 1.68. The molecule has 1 aromatic carbocycles. The maximum atomic E-state index is 13.2. The van der Waals surface area contributed by atoms with Crippen molar-refractivity contribution in [1.82, 2.24) is 4.98 Å². The number of hydrogen-bond acceptors (Lipinski definition) is 3. The van der Waals surface area contributed by atoms with Crippen LogP contribution in [0.5, 0.6) is 0 Å². The van der Waals surface area contributed by atoms with Gasteiger partial charge in [0.1, 0.15) is 5.82 Å². The highest BCUT2D eigenvalue weighted by Crippen LogP contribution is 2.28. The minimum Gasteiger partial charge on any atom is -0.377 e. The highest BCUT2D eigenvalue weighted by Gasteiger charge is 2.13. The van der Waals surface area contributed by atoms with Crippen LogP contribution in [0, 0.1) is 26.6 Å². The number of aryl methyl sites for hydroxylation is 3. The van der Waals surface area contributed by atoms with E-state index < -0.39 is 0 Å². The van der Waals surface area contributed by atoms with Crippen LogP contribution in [0.1, 0.15) is 34.1 Å². The Hall–Kier alpha value is -1.42. The second kappa shape index (κ2) is 5.06. The number of benzene rings is 1. The third kappa shape index (κ3) is 2.70. The molecule has 0 bridgehead atoms. The number of nitrogens with zero attached hydrogens (tertiary/aromatic N) is 1. The molecular formula is C14H17FN2S. The van der Waals surface area contributed by atoms with Gasteiger partial charge in [0.25, 0.3) is 0 Å². The van der Waals surface area contributed by atoms with Crippen LogP contribution in [0.25, 0.3) is 0 Å². The third-order valence-corrected chi connectivity index (χ3v) is 4.16. The largest absolute Gasteiger partial charge is 0.377 e. The predicted molar refractivity (Wildman–Crippen MR) is 74.8 cm³/mol. The first-order valence-corrected chi connectivity index (χ1v) is 6.75. The molecule has 0 fully saturated rings. The van der Waals surface area contributed by atoms with Crippen molar-refractivity contribution in [1.29, 1.82) is 0 Å². The Balaban J connectivity index is 2.23. The summed E-state index contributed by atoms with van der Waals surface area (Å²) in [7, 11) is 0. The maximum absolute atomic E-state index is 13.2. The Kier molecular flexibility index (Phi) is 3.66. The number of nitrogens with one attached hydrogen (secondary N) is 1. The molecule has 1 atom stereocenters. The van der Waals surface area contributed by atoms with E-state index in [2.05, 4.69) is 17.2 Å². The first kappa shape index (κ1) is 13.0. The van der Waals surface area contributed by atoms with E-state index >= 15 is 0 Å². The van der Waals surface area contributed by atoms with Crippen LogP contribution in [0.2, 0.25) is 0 Å². The summed E-state index contributed by atoms with van der Waals surface area (Å²) in [6, 6.07) is 4.94. The number of halogens is 1. The van der Waals surface area contributed by atoms with E-state index in [4.69, 9.17) is 0 Å². The summed E-state index contributed by atoms with van der Waals surface area (Å²) in [6.45, 7) is 8.06. The summed E-state index contributed by atoms with van der Waals surface area (Å²) in [5, 5.41) is 4.41. The maximum Gasteiger partial charge on any atom is 0.125 e. The number of hydrogen-bond donors (Lipinski definition) is 1. The average Bonchev–Trinajstić information content (AvgIpc) is 2.63. The van der Waals surface area contributed by atoms with Gasteiger partial charge in [-0.15, -0.1) is 11.3 Å². The van der Waals surface area contributed by atoms with Crippen molar-refractivity contribution in [2.45, 2.75) is 33.7 Å². The molecule has 0 radical (unpaired) electrons. The second-order valence-electron chi connectivity index (χ2n) is 4.51. The lowest BCUT2D eigenvalue weighted by Crippen LogP contribution is -2.07. The van der Waals surface area contributed by atoms with Gasteiger partial charge in [0.2, 0.25) is 0 Å². The smallest absolute Gasteiger partial charge is 0.125 e. The molecule has 96 valence electrons. The summed E-state index contributed by atoms with van der Waals surface area (Å²) in [4.78, 5) is 5.62. The number of thiazole rings is 1. The summed E-state index contributed by atoms with van der Waals surface area (Å²) in [5.41, 5.74) is 2.93. The van der Waals surface area contributed by atoms with Gasteiger partial charge in [0, 0.05) is 10.6 Å². The van der Waals surface area contributed by atoms with Crippen molar-refractivity contribution in [3.05, 3.63) is 45.2 Å². The molecule has 0 amide bonds. The standard InChI is InChI=1S/C14H17FN2S/c1-8-5-6-12(15)7-13(8)17-10(3)14-9(2)16-11(4)18-14/h5-7,10,17H,1-4H3. The van der Waals surface area contributed by atoms with Gasteiger partial charge in [-0.3, -0.25) is 0 Å². The molecule has 1 heterocycles. The van der Waals surface area contributed by atoms with Gasteiger partial charge in [0.05, 0.1) is 16.7 Å². The lowest BCUT2D eigenvalue weighted by atomic mass is 10.1. The Morgan fingerprint density at radius 3 is 2.61 bits per heavy atom. The highest BCUT2D eigenvalue weighted by atomic mass is 32.1. The lowest BCUT2D eigenvalue weighted by Gasteiger charge is -2.16. The zero-order valence-corrected chi connectivity index (χ0v) is 11.9. The Morgan fingerprint density at radius 2 is 2.00 bits per heavy atom. The molecule has 0 aliphatic rings. The van der Waals surface area contributed by atoms with E-state index in [1.54, 1.807) is 17.4 Å². The molecule has 2 nitrogen and oxygen atoms in total. The molecule has 0 aliphatic carbocycles. The quantitative estimate of drug-likeness (QED) is 0.889. The molecule has 18 heavy (non-hydrogen) atoms. The van der Waals surface area contributed by atoms with Gasteiger partial charge >= 0.3 is 0 Å². The van der Waals surface area contributed by atoms with Crippen molar-refractivity contribution in [3.63, 3.8) is 0 Å². The average molecular weight is 264 g/mol. The van der Waals surface area contributed by atoms with Crippen LogP contribution in [0.3, 0.4) is 0 Å². The molecule has 0 aliphatic heterocycles. The van der Waals surface area contributed by atoms with Gasteiger partial charge < -0.3 is 5.32 Å². The van der Waals surface area contributed by atoms with Crippen LogP contribution in [0.15, 0.2) is 18.2 Å². The second-order valence-corrected chi connectivity index (χ2v) is 5.74. The Morgan fingerprint density at radius 1 is 1.28 bits per heavy atom. The molecule has 0 saturated heterocycles. The summed E-state index contributed by atoms with van der Waals surface area (Å²) in [5.74, 6) is -0.215. The Bertz CT molecular complexity index is 563. The van der Waals surface area contributed by atoms with Gasteiger partial charge in [-0.05, 0) is 45.4 Å².